The van der Waals surface area contributed by atoms with Crippen molar-refractivity contribution in [1.29, 1.82) is 0 Å². The van der Waals surface area contributed by atoms with Gasteiger partial charge in [0.05, 0.1) is 5.35 Å². The first kappa shape index (κ1) is 8.69. The number of hydrazine groups is 1. The Morgan fingerprint density at radius 1 is 1.62 bits per heavy atom. The Balaban J connectivity index is 2.62. The van der Waals surface area contributed by atoms with Crippen LogP contribution >= 0.6 is 11.6 Å². The molecule has 68 valence electrons. The van der Waals surface area contributed by atoms with Crippen molar-refractivity contribution in [3.05, 3.63) is 28.9 Å². The fraction of sp³-hybridized carbons (Fsp3) is 0.222. The Hall–Kier alpha value is -0.900. The van der Waals surface area contributed by atoms with E-state index in [4.69, 9.17) is 17.4 Å². The van der Waals surface area contributed by atoms with E-state index in [9.17, 15) is 0 Å². The van der Waals surface area contributed by atoms with Crippen LogP contribution in [0.5, 0.6) is 0 Å². The number of aromatic nitrogens is 1. The lowest BCUT2D eigenvalue weighted by molar-refractivity contribution is 0.597. The number of nitrogens with zero attached hydrogens (tertiary/aromatic N) is 1. The molecule has 0 fully saturated rings. The molecule has 1 aliphatic carbocycles. The zero-order valence-corrected chi connectivity index (χ0v) is 7.75. The summed E-state index contributed by atoms with van der Waals surface area (Å²) in [5, 5.41) is 1.98. The monoisotopic (exact) mass is 195 g/mol. The fourth-order valence-electron chi connectivity index (χ4n) is 1.36. The predicted molar refractivity (Wildman–Crippen MR) is 52.9 cm³/mol. The van der Waals surface area contributed by atoms with Gasteiger partial charge in [-0.3, -0.25) is 10.8 Å². The van der Waals surface area contributed by atoms with E-state index in [0.717, 1.165) is 10.6 Å². The minimum Gasteiger partial charge on any atom is -0.270 e. The number of nitrogens with two attached hydrogens (primary N) is 1. The standard InChI is InChI=1S/C9H10ClN3/c10-9(13-11)4-3-7-2-1-5-12-8(7)6-9/h1-3,5-6,13H,4,11H2. The van der Waals surface area contributed by atoms with Crippen molar-refractivity contribution in [2.24, 2.45) is 5.84 Å². The van der Waals surface area contributed by atoms with Crippen molar-refractivity contribution in [2.45, 2.75) is 11.4 Å². The van der Waals surface area contributed by atoms with Crippen LogP contribution in [0.2, 0.25) is 0 Å². The van der Waals surface area contributed by atoms with Gasteiger partial charge in [-0.05, 0) is 17.4 Å². The molecule has 1 aromatic heterocycles. The highest BCUT2D eigenvalue weighted by molar-refractivity contribution is 6.27. The molecule has 1 aromatic rings. The van der Waals surface area contributed by atoms with E-state index in [1.807, 2.05) is 24.3 Å². The zero-order chi connectivity index (χ0) is 9.31. The molecule has 4 heteroatoms. The summed E-state index contributed by atoms with van der Waals surface area (Å²) in [6.07, 6.45) is 6.27. The molecule has 0 saturated heterocycles. The number of hydrogen-bond acceptors (Lipinski definition) is 3. The first-order valence-electron chi connectivity index (χ1n) is 4.04. The molecule has 0 saturated carbocycles. The summed E-state index contributed by atoms with van der Waals surface area (Å²) in [6, 6.07) is 3.91. The average Bonchev–Trinajstić information content (AvgIpc) is 2.18. The van der Waals surface area contributed by atoms with Gasteiger partial charge in [-0.15, -0.1) is 0 Å². The Kier molecular flexibility index (Phi) is 2.07. The molecule has 0 bridgehead atoms. The van der Waals surface area contributed by atoms with Crippen molar-refractivity contribution < 1.29 is 0 Å². The van der Waals surface area contributed by atoms with Gasteiger partial charge in [-0.1, -0.05) is 23.7 Å². The Morgan fingerprint density at radius 2 is 2.46 bits per heavy atom. The van der Waals surface area contributed by atoms with Gasteiger partial charge < -0.3 is 0 Å². The Labute approximate surface area is 80.9 Å². The van der Waals surface area contributed by atoms with Crippen molar-refractivity contribution >= 4 is 23.8 Å². The van der Waals surface area contributed by atoms with E-state index in [2.05, 4.69) is 10.4 Å². The fourth-order valence-corrected chi connectivity index (χ4v) is 1.54. The van der Waals surface area contributed by atoms with Crippen molar-refractivity contribution in [3.63, 3.8) is 0 Å². The van der Waals surface area contributed by atoms with Gasteiger partial charge in [0.1, 0.15) is 5.00 Å². The molecule has 13 heavy (non-hydrogen) atoms. The van der Waals surface area contributed by atoms with E-state index in [1.54, 1.807) is 6.20 Å². The molecule has 0 radical (unpaired) electrons. The van der Waals surface area contributed by atoms with Crippen LogP contribution in [0.15, 0.2) is 18.3 Å². The predicted octanol–water partition coefficient (Wildman–Crippen LogP) is -0.555. The maximum atomic E-state index is 6.12. The summed E-state index contributed by atoms with van der Waals surface area (Å²) >= 11 is 6.12. The van der Waals surface area contributed by atoms with Crippen LogP contribution in [0.3, 0.4) is 0 Å². The molecular weight excluding hydrogens is 186 g/mol. The summed E-state index contributed by atoms with van der Waals surface area (Å²) < 4.78 is 0. The van der Waals surface area contributed by atoms with Crippen LogP contribution in [0.4, 0.5) is 0 Å². The van der Waals surface area contributed by atoms with Gasteiger partial charge in [-0.2, -0.15) is 0 Å². The largest absolute Gasteiger partial charge is 0.270 e. The van der Waals surface area contributed by atoms with Gasteiger partial charge in [0, 0.05) is 12.6 Å². The van der Waals surface area contributed by atoms with Crippen molar-refractivity contribution in [3.8, 4) is 0 Å². The van der Waals surface area contributed by atoms with E-state index < -0.39 is 5.00 Å². The molecule has 1 unspecified atom stereocenters. The Bertz CT molecular complexity index is 429. The zero-order valence-electron chi connectivity index (χ0n) is 7.00. The average molecular weight is 196 g/mol. The lowest BCUT2D eigenvalue weighted by Gasteiger charge is -2.22. The lowest BCUT2D eigenvalue weighted by Crippen LogP contribution is -2.48. The van der Waals surface area contributed by atoms with Crippen LogP contribution in [0, 0.1) is 0 Å². The third-order valence-electron chi connectivity index (χ3n) is 2.10. The van der Waals surface area contributed by atoms with Crippen LogP contribution in [0.25, 0.3) is 12.2 Å². The number of pyridine rings is 1. The highest BCUT2D eigenvalue weighted by Crippen LogP contribution is 2.18. The molecule has 0 aliphatic heterocycles. The quantitative estimate of drug-likeness (QED) is 0.274. The van der Waals surface area contributed by atoms with Crippen LogP contribution < -0.4 is 21.8 Å². The van der Waals surface area contributed by atoms with Gasteiger partial charge in [-0.25, -0.2) is 5.43 Å². The normalized spacial score (nSPS) is 25.7. The molecule has 3 N–H and O–H groups in total. The van der Waals surface area contributed by atoms with Crippen molar-refractivity contribution in [2.75, 3.05) is 0 Å². The van der Waals surface area contributed by atoms with Gasteiger partial charge in [0.25, 0.3) is 0 Å². The second-order valence-electron chi connectivity index (χ2n) is 3.04. The summed E-state index contributed by atoms with van der Waals surface area (Å²) in [5.74, 6) is 5.33. The summed E-state index contributed by atoms with van der Waals surface area (Å²) in [6.45, 7) is 0. The first-order valence-corrected chi connectivity index (χ1v) is 4.42. The number of fused-ring (bicyclic) bond motifs is 1. The molecule has 3 nitrogen and oxygen atoms in total. The van der Waals surface area contributed by atoms with E-state index in [0.29, 0.717) is 6.42 Å². The van der Waals surface area contributed by atoms with E-state index in [1.165, 1.54) is 0 Å². The SMILES string of the molecule is NNC1(Cl)C=c2ncccc2=CC1. The maximum Gasteiger partial charge on any atom is 0.130 e. The summed E-state index contributed by atoms with van der Waals surface area (Å²) in [4.78, 5) is 3.52. The topological polar surface area (TPSA) is 50.9 Å². The lowest BCUT2D eigenvalue weighted by atomic mass is 10.1. The Morgan fingerprint density at radius 3 is 3.23 bits per heavy atom. The minimum absolute atomic E-state index is 0.670. The highest BCUT2D eigenvalue weighted by Gasteiger charge is 2.22. The molecular formula is C9H10ClN3. The number of alkyl halides is 1. The third kappa shape index (κ3) is 1.58. The van der Waals surface area contributed by atoms with Gasteiger partial charge in [0.15, 0.2) is 0 Å². The molecule has 1 heterocycles. The number of hydrogen-bond donors (Lipinski definition) is 2. The minimum atomic E-state index is -0.679. The first-order chi connectivity index (χ1) is 6.23. The van der Waals surface area contributed by atoms with E-state index in [-0.39, 0.29) is 0 Å². The highest BCUT2D eigenvalue weighted by atomic mass is 35.5. The van der Waals surface area contributed by atoms with Crippen LogP contribution in [0.1, 0.15) is 6.42 Å². The second kappa shape index (κ2) is 3.10. The van der Waals surface area contributed by atoms with Crippen LogP contribution in [-0.4, -0.2) is 9.98 Å². The number of rotatable bonds is 1. The smallest absolute Gasteiger partial charge is 0.130 e. The maximum absolute atomic E-state index is 6.12. The molecule has 1 aliphatic rings. The molecule has 0 spiro atoms. The number of nitrogens with one attached hydrogen (secondary N) is 1. The second-order valence-corrected chi connectivity index (χ2v) is 3.71. The third-order valence-corrected chi connectivity index (χ3v) is 2.47. The van der Waals surface area contributed by atoms with Gasteiger partial charge in [0.2, 0.25) is 0 Å². The van der Waals surface area contributed by atoms with Crippen molar-refractivity contribution in [1.82, 2.24) is 10.4 Å². The number of halogens is 1. The summed E-state index contributed by atoms with van der Waals surface area (Å²) in [5.41, 5.74) is 2.56. The van der Waals surface area contributed by atoms with Crippen LogP contribution in [-0.2, 0) is 0 Å². The molecule has 0 amide bonds. The molecule has 0 aromatic carbocycles. The van der Waals surface area contributed by atoms with E-state index >= 15 is 0 Å². The van der Waals surface area contributed by atoms with Gasteiger partial charge >= 0.3 is 0 Å². The summed E-state index contributed by atoms with van der Waals surface area (Å²) in [7, 11) is 0. The molecule has 2 rings (SSSR count). The molecule has 1 atom stereocenters.